The number of hydrogen-bond donors (Lipinski definition) is 6. The highest BCUT2D eigenvalue weighted by molar-refractivity contribution is 7.92. The fourth-order valence-corrected chi connectivity index (χ4v) is 5.70. The minimum absolute atomic E-state index is 0.0398. The van der Waals surface area contributed by atoms with E-state index in [1.807, 2.05) is 42.5 Å². The lowest BCUT2D eigenvalue weighted by Crippen LogP contribution is -2.41. The van der Waals surface area contributed by atoms with Crippen LogP contribution in [0.4, 0.5) is 5.69 Å². The van der Waals surface area contributed by atoms with Crippen LogP contribution in [0.25, 0.3) is 21.8 Å². The summed E-state index contributed by atoms with van der Waals surface area (Å²) >= 11 is 0. The number of anilines is 1. The second-order valence-electron chi connectivity index (χ2n) is 9.58. The van der Waals surface area contributed by atoms with Crippen LogP contribution in [-0.4, -0.2) is 60.6 Å². The second-order valence-corrected chi connectivity index (χ2v) is 11.3. The molecule has 4 aromatic carbocycles. The van der Waals surface area contributed by atoms with Gasteiger partial charge in [-0.05, 0) is 54.4 Å². The molecule has 0 bridgehead atoms. The Morgan fingerprint density at radius 2 is 1.65 bits per heavy atom. The largest absolute Gasteiger partial charge is 0.506 e. The molecule has 0 amide bonds. The summed E-state index contributed by atoms with van der Waals surface area (Å²) < 4.78 is 33.8. The molecule has 40 heavy (non-hydrogen) atoms. The minimum Gasteiger partial charge on any atom is -0.506 e. The van der Waals surface area contributed by atoms with E-state index in [0.29, 0.717) is 17.7 Å². The van der Waals surface area contributed by atoms with Gasteiger partial charge in [0.15, 0.2) is 0 Å². The van der Waals surface area contributed by atoms with Gasteiger partial charge in [0.25, 0.3) is 10.0 Å². The fraction of sp³-hybridized carbons (Fsp3) is 0.200. The predicted octanol–water partition coefficient (Wildman–Crippen LogP) is 3.76. The summed E-state index contributed by atoms with van der Waals surface area (Å²) in [6.45, 7) is 0.00321. The zero-order valence-corrected chi connectivity index (χ0v) is 22.4. The lowest BCUT2D eigenvalue weighted by Gasteiger charge is -2.20. The van der Waals surface area contributed by atoms with Gasteiger partial charge >= 0.3 is 0 Å². The number of sulfonamides is 1. The number of aliphatic hydroxyl groups is 2. The summed E-state index contributed by atoms with van der Waals surface area (Å²) in [5.41, 5.74) is 2.68. The Hall–Kier alpha value is -4.09. The molecule has 10 heteroatoms. The molecule has 0 saturated carbocycles. The van der Waals surface area contributed by atoms with Gasteiger partial charge in [0.2, 0.25) is 0 Å². The van der Waals surface area contributed by atoms with Crippen molar-refractivity contribution in [1.29, 1.82) is 0 Å². The van der Waals surface area contributed by atoms with Crippen molar-refractivity contribution in [2.24, 2.45) is 0 Å². The van der Waals surface area contributed by atoms with Gasteiger partial charge in [-0.1, -0.05) is 48.5 Å². The van der Waals surface area contributed by atoms with Gasteiger partial charge in [-0.3, -0.25) is 4.72 Å². The van der Waals surface area contributed by atoms with E-state index in [1.165, 1.54) is 24.3 Å². The Morgan fingerprint density at radius 3 is 2.45 bits per heavy atom. The highest BCUT2D eigenvalue weighted by Crippen LogP contribution is 2.33. The summed E-state index contributed by atoms with van der Waals surface area (Å²) in [7, 11) is -3.88. The molecule has 2 atom stereocenters. The number of rotatable bonds is 12. The molecule has 0 unspecified atom stereocenters. The average molecular weight is 562 g/mol. The third-order valence-electron chi connectivity index (χ3n) is 6.63. The number of nitrogens with one attached hydrogen (secondary N) is 3. The number of ether oxygens (including phenoxy) is 1. The quantitative estimate of drug-likeness (QED) is 0.127. The van der Waals surface area contributed by atoms with Gasteiger partial charge in [0, 0.05) is 28.9 Å². The first-order valence-electron chi connectivity index (χ1n) is 12.9. The van der Waals surface area contributed by atoms with Crippen molar-refractivity contribution >= 4 is 37.5 Å². The number of aliphatic hydroxyl groups excluding tert-OH is 2. The Kier molecular flexibility index (Phi) is 8.22. The van der Waals surface area contributed by atoms with Gasteiger partial charge in [-0.2, -0.15) is 0 Å². The van der Waals surface area contributed by atoms with Gasteiger partial charge in [-0.15, -0.1) is 0 Å². The summed E-state index contributed by atoms with van der Waals surface area (Å²) in [4.78, 5) is 3.44. The van der Waals surface area contributed by atoms with E-state index >= 15 is 0 Å². The molecule has 0 radical (unpaired) electrons. The Balaban J connectivity index is 1.19. The van der Waals surface area contributed by atoms with Crippen molar-refractivity contribution in [3.8, 4) is 11.5 Å². The lowest BCUT2D eigenvalue weighted by atomic mass is 10.1. The van der Waals surface area contributed by atoms with Crippen molar-refractivity contribution in [2.75, 3.05) is 24.5 Å². The molecule has 5 aromatic rings. The maximum absolute atomic E-state index is 12.7. The molecular weight excluding hydrogens is 530 g/mol. The van der Waals surface area contributed by atoms with E-state index in [4.69, 9.17) is 4.74 Å². The SMILES string of the molecule is O=S(=O)(Nc1cc(C[C@@H](CO)NC[C@H](O)COc2cccc3[nH]c4ccccc4c23)ccc1O)c1ccccc1. The zero-order chi connectivity index (χ0) is 28.1. The summed E-state index contributed by atoms with van der Waals surface area (Å²) in [5, 5.41) is 35.9. The van der Waals surface area contributed by atoms with Crippen molar-refractivity contribution < 1.29 is 28.5 Å². The molecule has 1 aromatic heterocycles. The number of phenols is 1. The first-order valence-corrected chi connectivity index (χ1v) is 14.4. The highest BCUT2D eigenvalue weighted by Gasteiger charge is 2.18. The lowest BCUT2D eigenvalue weighted by molar-refractivity contribution is 0.100. The fourth-order valence-electron chi connectivity index (χ4n) is 4.62. The number of aromatic nitrogens is 1. The smallest absolute Gasteiger partial charge is 0.262 e. The topological polar surface area (TPSA) is 144 Å². The second kappa shape index (κ2) is 12.0. The number of H-pyrrole nitrogens is 1. The molecule has 1 heterocycles. The normalized spacial score (nSPS) is 13.3. The number of hydrogen-bond acceptors (Lipinski definition) is 7. The molecule has 0 fully saturated rings. The van der Waals surface area contributed by atoms with E-state index in [-0.39, 0.29) is 36.1 Å². The van der Waals surface area contributed by atoms with Crippen LogP contribution in [0.2, 0.25) is 0 Å². The third kappa shape index (κ3) is 6.21. The van der Waals surface area contributed by atoms with E-state index in [2.05, 4.69) is 15.0 Å². The van der Waals surface area contributed by atoms with Gasteiger partial charge in [0.1, 0.15) is 24.2 Å². The first-order chi connectivity index (χ1) is 19.3. The molecule has 9 nitrogen and oxygen atoms in total. The molecule has 208 valence electrons. The molecular formula is C30H31N3O6S. The molecule has 5 rings (SSSR count). The molecule has 0 aliphatic carbocycles. The summed E-state index contributed by atoms with van der Waals surface area (Å²) in [6.07, 6.45) is -0.512. The molecule has 0 aliphatic heterocycles. The van der Waals surface area contributed by atoms with Crippen molar-refractivity contribution in [1.82, 2.24) is 10.3 Å². The Morgan fingerprint density at radius 1 is 0.900 bits per heavy atom. The number of para-hydroxylation sites is 1. The third-order valence-corrected chi connectivity index (χ3v) is 8.01. The zero-order valence-electron chi connectivity index (χ0n) is 21.6. The Labute approximate surface area is 232 Å². The maximum atomic E-state index is 12.7. The number of aromatic hydroxyl groups is 1. The van der Waals surface area contributed by atoms with Gasteiger partial charge in [-0.25, -0.2) is 8.42 Å². The first kappa shape index (κ1) is 27.5. The van der Waals surface area contributed by atoms with Crippen molar-refractivity contribution in [3.63, 3.8) is 0 Å². The standard InChI is InChI=1S/C30H31N3O6S/c34-18-21(15-20-13-14-28(36)27(16-20)33-40(37,38)23-7-2-1-3-8-23)31-17-22(35)19-39-29-12-6-11-26-30(29)24-9-4-5-10-25(24)32-26/h1-14,16,21-22,31-36H,15,17-19H2/t21-,22-/m0/s1. The van der Waals surface area contributed by atoms with Crippen LogP contribution in [0, 0.1) is 0 Å². The van der Waals surface area contributed by atoms with Crippen LogP contribution in [0.1, 0.15) is 5.56 Å². The van der Waals surface area contributed by atoms with E-state index < -0.39 is 22.2 Å². The highest BCUT2D eigenvalue weighted by atomic mass is 32.2. The minimum atomic E-state index is -3.88. The van der Waals surface area contributed by atoms with Crippen LogP contribution < -0.4 is 14.8 Å². The predicted molar refractivity (Wildman–Crippen MR) is 155 cm³/mol. The number of fused-ring (bicyclic) bond motifs is 3. The summed E-state index contributed by atoms with van der Waals surface area (Å²) in [5.74, 6) is 0.455. The molecule has 0 saturated heterocycles. The van der Waals surface area contributed by atoms with Crippen molar-refractivity contribution in [3.05, 3.63) is 96.6 Å². The van der Waals surface area contributed by atoms with Crippen LogP contribution in [0.5, 0.6) is 11.5 Å². The van der Waals surface area contributed by atoms with E-state index in [1.54, 1.807) is 24.3 Å². The molecule has 6 N–H and O–H groups in total. The number of benzene rings is 4. The molecule has 0 spiro atoms. The number of phenolic OH excluding ortho intramolecular Hbond substituents is 1. The van der Waals surface area contributed by atoms with Gasteiger partial charge < -0.3 is 30.4 Å². The van der Waals surface area contributed by atoms with Crippen LogP contribution in [0.3, 0.4) is 0 Å². The monoisotopic (exact) mass is 561 g/mol. The van der Waals surface area contributed by atoms with E-state index in [9.17, 15) is 23.7 Å². The van der Waals surface area contributed by atoms with E-state index in [0.717, 1.165) is 21.8 Å². The molecule has 0 aliphatic rings. The maximum Gasteiger partial charge on any atom is 0.262 e. The van der Waals surface area contributed by atoms with Gasteiger partial charge in [0.05, 0.1) is 22.7 Å². The Bertz CT molecular complexity index is 1710. The number of aromatic amines is 1. The summed E-state index contributed by atoms with van der Waals surface area (Å²) in [6, 6.07) is 25.7. The van der Waals surface area contributed by atoms with Crippen molar-refractivity contribution in [2.45, 2.75) is 23.5 Å². The average Bonchev–Trinajstić information content (AvgIpc) is 3.35. The van der Waals surface area contributed by atoms with Crippen LogP contribution >= 0.6 is 0 Å². The van der Waals surface area contributed by atoms with Crippen LogP contribution in [0.15, 0.2) is 95.9 Å². The van der Waals surface area contributed by atoms with Crippen LogP contribution in [-0.2, 0) is 16.4 Å².